The Morgan fingerprint density at radius 1 is 1.16 bits per heavy atom. The third-order valence-electron chi connectivity index (χ3n) is 4.20. The largest absolute Gasteiger partial charge is 0.392 e. The van der Waals surface area contributed by atoms with Crippen LogP contribution in [0.1, 0.15) is 38.7 Å². The minimum atomic E-state index is -0.573. The van der Waals surface area contributed by atoms with Gasteiger partial charge in [-0.05, 0) is 48.6 Å². The Morgan fingerprint density at radius 2 is 1.79 bits per heavy atom. The van der Waals surface area contributed by atoms with Crippen molar-refractivity contribution < 1.29 is 13.9 Å². The lowest BCUT2D eigenvalue weighted by molar-refractivity contribution is 0.0555. The highest BCUT2D eigenvalue weighted by Crippen LogP contribution is 2.35. The molecule has 3 unspecified atom stereocenters. The molecule has 106 valence electrons. The number of benzene rings is 1. The van der Waals surface area contributed by atoms with Crippen LogP contribution in [0.4, 0.5) is 8.78 Å². The van der Waals surface area contributed by atoms with Gasteiger partial charge in [0, 0.05) is 12.5 Å². The van der Waals surface area contributed by atoms with Gasteiger partial charge in [0.15, 0.2) is 0 Å². The molecule has 1 aromatic carbocycles. The molecule has 0 spiro atoms. The third-order valence-corrected chi connectivity index (χ3v) is 4.20. The molecule has 0 aliphatic heterocycles. The van der Waals surface area contributed by atoms with Crippen molar-refractivity contribution in [2.75, 3.05) is 0 Å². The fourth-order valence-corrected chi connectivity index (χ4v) is 3.40. The monoisotopic (exact) mass is 268 g/mol. The molecule has 1 aliphatic carbocycles. The van der Waals surface area contributed by atoms with Gasteiger partial charge in [-0.2, -0.15) is 0 Å². The summed E-state index contributed by atoms with van der Waals surface area (Å²) in [5, 5.41) is 10.3. The molecule has 1 aromatic rings. The van der Waals surface area contributed by atoms with Crippen molar-refractivity contribution in [2.24, 2.45) is 17.8 Å². The van der Waals surface area contributed by atoms with E-state index in [1.165, 1.54) is 18.6 Å². The molecule has 1 N–H and O–H groups in total. The Hall–Kier alpha value is -0.960. The summed E-state index contributed by atoms with van der Waals surface area (Å²) >= 11 is 0. The smallest absolute Gasteiger partial charge is 0.129 e. The van der Waals surface area contributed by atoms with Crippen LogP contribution >= 0.6 is 0 Å². The molecular weight excluding hydrogens is 246 g/mol. The van der Waals surface area contributed by atoms with E-state index in [-0.39, 0.29) is 12.3 Å². The van der Waals surface area contributed by atoms with Crippen LogP contribution in [0.5, 0.6) is 0 Å². The van der Waals surface area contributed by atoms with E-state index in [1.54, 1.807) is 0 Å². The summed E-state index contributed by atoms with van der Waals surface area (Å²) in [6.45, 7) is 4.40. The second-order valence-electron chi connectivity index (χ2n) is 6.18. The summed E-state index contributed by atoms with van der Waals surface area (Å²) in [6.07, 6.45) is 2.93. The fourth-order valence-electron chi connectivity index (χ4n) is 3.40. The van der Waals surface area contributed by atoms with Gasteiger partial charge >= 0.3 is 0 Å². The first-order valence-corrected chi connectivity index (χ1v) is 7.07. The molecular formula is C16H22F2O. The molecule has 0 aromatic heterocycles. The zero-order valence-corrected chi connectivity index (χ0v) is 11.6. The number of halogens is 2. The van der Waals surface area contributed by atoms with Crippen molar-refractivity contribution in [1.82, 2.24) is 0 Å². The second kappa shape index (κ2) is 6.00. The average Bonchev–Trinajstić information content (AvgIpc) is 2.31. The molecule has 2 rings (SSSR count). The van der Waals surface area contributed by atoms with E-state index in [0.29, 0.717) is 17.4 Å². The van der Waals surface area contributed by atoms with E-state index in [2.05, 4.69) is 13.8 Å². The van der Waals surface area contributed by atoms with Crippen molar-refractivity contribution in [3.8, 4) is 0 Å². The molecule has 0 saturated heterocycles. The van der Waals surface area contributed by atoms with Crippen LogP contribution in [-0.2, 0) is 6.42 Å². The summed E-state index contributed by atoms with van der Waals surface area (Å²) < 4.78 is 26.4. The van der Waals surface area contributed by atoms with E-state index in [0.717, 1.165) is 18.9 Å². The van der Waals surface area contributed by atoms with Crippen LogP contribution in [0, 0.1) is 29.4 Å². The Labute approximate surface area is 113 Å². The van der Waals surface area contributed by atoms with Gasteiger partial charge < -0.3 is 5.11 Å². The lowest BCUT2D eigenvalue weighted by atomic mass is 9.73. The van der Waals surface area contributed by atoms with Crippen LogP contribution in [0.3, 0.4) is 0 Å². The minimum absolute atomic E-state index is 0.225. The van der Waals surface area contributed by atoms with E-state index in [9.17, 15) is 13.9 Å². The van der Waals surface area contributed by atoms with E-state index in [1.807, 2.05) is 0 Å². The van der Waals surface area contributed by atoms with Crippen LogP contribution in [0.15, 0.2) is 18.2 Å². The quantitative estimate of drug-likeness (QED) is 0.880. The first-order chi connectivity index (χ1) is 8.95. The Kier molecular flexibility index (Phi) is 4.56. The third kappa shape index (κ3) is 3.75. The highest BCUT2D eigenvalue weighted by molar-refractivity contribution is 5.19. The van der Waals surface area contributed by atoms with Crippen LogP contribution in [0.25, 0.3) is 0 Å². The van der Waals surface area contributed by atoms with Crippen molar-refractivity contribution in [3.05, 3.63) is 35.4 Å². The summed E-state index contributed by atoms with van der Waals surface area (Å²) in [5.41, 5.74) is 0.403. The van der Waals surface area contributed by atoms with Gasteiger partial charge in [0.25, 0.3) is 0 Å². The second-order valence-corrected chi connectivity index (χ2v) is 6.18. The van der Waals surface area contributed by atoms with Crippen molar-refractivity contribution in [1.29, 1.82) is 0 Å². The van der Waals surface area contributed by atoms with Gasteiger partial charge in [0.2, 0.25) is 0 Å². The standard InChI is InChI=1S/C16H22F2O/c1-10-5-11(2)7-13(6-10)16(19)8-12-3-4-14(17)9-15(12)18/h3-4,9-11,13,16,19H,5-8H2,1-2H3. The first-order valence-electron chi connectivity index (χ1n) is 7.07. The van der Waals surface area contributed by atoms with Gasteiger partial charge in [-0.15, -0.1) is 0 Å². The Morgan fingerprint density at radius 3 is 2.37 bits per heavy atom. The van der Waals surface area contributed by atoms with E-state index < -0.39 is 17.7 Å². The first kappa shape index (κ1) is 14.4. The predicted molar refractivity (Wildman–Crippen MR) is 71.7 cm³/mol. The number of hydrogen-bond acceptors (Lipinski definition) is 1. The molecule has 0 radical (unpaired) electrons. The summed E-state index contributed by atoms with van der Waals surface area (Å²) in [6, 6.07) is 3.56. The molecule has 19 heavy (non-hydrogen) atoms. The topological polar surface area (TPSA) is 20.2 Å². The summed E-state index contributed by atoms with van der Waals surface area (Å²) in [5.74, 6) is 0.317. The molecule has 1 saturated carbocycles. The van der Waals surface area contributed by atoms with E-state index in [4.69, 9.17) is 0 Å². The molecule has 1 nitrogen and oxygen atoms in total. The van der Waals surface area contributed by atoms with Gasteiger partial charge in [0.05, 0.1) is 6.10 Å². The lowest BCUT2D eigenvalue weighted by Crippen LogP contribution is -2.30. The average molecular weight is 268 g/mol. The molecule has 1 aliphatic rings. The zero-order chi connectivity index (χ0) is 14.0. The minimum Gasteiger partial charge on any atom is -0.392 e. The predicted octanol–water partition coefficient (Wildman–Crippen LogP) is 3.94. The number of rotatable bonds is 3. The highest BCUT2D eigenvalue weighted by atomic mass is 19.1. The van der Waals surface area contributed by atoms with Gasteiger partial charge in [-0.3, -0.25) is 0 Å². The van der Waals surface area contributed by atoms with Gasteiger partial charge in [-0.25, -0.2) is 8.78 Å². The molecule has 3 atom stereocenters. The molecule has 3 heteroatoms. The Balaban J connectivity index is 2.02. The highest BCUT2D eigenvalue weighted by Gasteiger charge is 2.29. The Bertz CT molecular complexity index is 423. The van der Waals surface area contributed by atoms with Crippen molar-refractivity contribution in [3.63, 3.8) is 0 Å². The maximum atomic E-state index is 13.6. The van der Waals surface area contributed by atoms with Crippen LogP contribution in [-0.4, -0.2) is 11.2 Å². The normalized spacial score (nSPS) is 29.2. The number of hydrogen-bond donors (Lipinski definition) is 1. The number of aliphatic hydroxyl groups is 1. The molecule has 1 fully saturated rings. The maximum absolute atomic E-state index is 13.6. The lowest BCUT2D eigenvalue weighted by Gasteiger charge is -2.34. The maximum Gasteiger partial charge on any atom is 0.129 e. The summed E-state index contributed by atoms with van der Waals surface area (Å²) in [4.78, 5) is 0. The molecule has 0 heterocycles. The zero-order valence-electron chi connectivity index (χ0n) is 11.6. The van der Waals surface area contributed by atoms with Crippen LogP contribution in [0.2, 0.25) is 0 Å². The number of aliphatic hydroxyl groups excluding tert-OH is 1. The van der Waals surface area contributed by atoms with Gasteiger partial charge in [-0.1, -0.05) is 19.9 Å². The SMILES string of the molecule is CC1CC(C)CC(C(O)Cc2ccc(F)cc2F)C1. The van der Waals surface area contributed by atoms with Gasteiger partial charge in [0.1, 0.15) is 11.6 Å². The van der Waals surface area contributed by atoms with Crippen molar-refractivity contribution >= 4 is 0 Å². The van der Waals surface area contributed by atoms with Crippen LogP contribution < -0.4 is 0 Å². The van der Waals surface area contributed by atoms with Crippen molar-refractivity contribution in [2.45, 2.75) is 45.6 Å². The molecule has 0 bridgehead atoms. The molecule has 0 amide bonds. The summed E-state index contributed by atoms with van der Waals surface area (Å²) in [7, 11) is 0. The van der Waals surface area contributed by atoms with E-state index >= 15 is 0 Å². The fraction of sp³-hybridized carbons (Fsp3) is 0.625.